The van der Waals surface area contributed by atoms with Crippen molar-refractivity contribution < 1.29 is 27.9 Å². The Morgan fingerprint density at radius 3 is 2.73 bits per heavy atom. The molecule has 22 heavy (non-hydrogen) atoms. The minimum absolute atomic E-state index is 0.00560. The minimum atomic E-state index is -3.61. The Morgan fingerprint density at radius 1 is 1.41 bits per heavy atom. The highest BCUT2D eigenvalue weighted by atomic mass is 32.2. The van der Waals surface area contributed by atoms with Gasteiger partial charge in [0.25, 0.3) is 0 Å². The average Bonchev–Trinajstić information content (AvgIpc) is 2.97. The highest BCUT2D eigenvalue weighted by molar-refractivity contribution is 7.88. The number of sulfonamides is 1. The number of esters is 1. The number of ether oxygens (including phenoxy) is 1. The van der Waals surface area contributed by atoms with Gasteiger partial charge in [0.05, 0.1) is 24.3 Å². The molecule has 1 N–H and O–H groups in total. The van der Waals surface area contributed by atoms with E-state index in [4.69, 9.17) is 5.11 Å². The Kier molecular flexibility index (Phi) is 4.82. The number of methoxy groups -OCH3 is 1. The smallest absolute Gasteiger partial charge is 0.337 e. The largest absolute Gasteiger partial charge is 0.481 e. The van der Waals surface area contributed by atoms with Crippen molar-refractivity contribution in [2.45, 2.75) is 12.2 Å². The summed E-state index contributed by atoms with van der Waals surface area (Å²) in [7, 11) is -2.36. The molecule has 1 aromatic carbocycles. The molecular formula is C14H17NO6S. The van der Waals surface area contributed by atoms with E-state index < -0.39 is 27.9 Å². The first-order chi connectivity index (χ1) is 10.3. The molecule has 1 aliphatic heterocycles. The summed E-state index contributed by atoms with van der Waals surface area (Å²) >= 11 is 0. The zero-order valence-electron chi connectivity index (χ0n) is 12.1. The summed E-state index contributed by atoms with van der Waals surface area (Å²) in [5.74, 6) is -2.45. The third kappa shape index (κ3) is 3.63. The van der Waals surface area contributed by atoms with Gasteiger partial charge >= 0.3 is 11.9 Å². The molecule has 120 valence electrons. The molecule has 7 nitrogen and oxygen atoms in total. The van der Waals surface area contributed by atoms with Crippen LogP contribution >= 0.6 is 0 Å². The molecule has 0 saturated carbocycles. The van der Waals surface area contributed by atoms with Gasteiger partial charge in [-0.15, -0.1) is 0 Å². The van der Waals surface area contributed by atoms with Crippen LogP contribution in [-0.2, 0) is 25.3 Å². The maximum atomic E-state index is 12.3. The van der Waals surface area contributed by atoms with Crippen LogP contribution in [0.25, 0.3) is 0 Å². The molecule has 0 aliphatic carbocycles. The number of nitrogens with zero attached hydrogens (tertiary/aromatic N) is 1. The number of benzene rings is 1. The van der Waals surface area contributed by atoms with Gasteiger partial charge in [0.2, 0.25) is 10.0 Å². The first kappa shape index (κ1) is 16.4. The van der Waals surface area contributed by atoms with Crippen LogP contribution in [0.5, 0.6) is 0 Å². The fraction of sp³-hybridized carbons (Fsp3) is 0.429. The standard InChI is InChI=1S/C14H17NO6S/c1-21-14(18)11-4-2-3-10(7-11)9-22(19,20)15-6-5-12(8-15)13(16)17/h2-4,7,12H,5-6,8-9H2,1H3,(H,16,17). The predicted molar refractivity (Wildman–Crippen MR) is 77.7 cm³/mol. The van der Waals surface area contributed by atoms with E-state index in [1.54, 1.807) is 12.1 Å². The topological polar surface area (TPSA) is 101 Å². The number of hydrogen-bond donors (Lipinski definition) is 1. The zero-order chi connectivity index (χ0) is 16.3. The number of carbonyl (C=O) groups excluding carboxylic acids is 1. The van der Waals surface area contributed by atoms with Gasteiger partial charge in [-0.3, -0.25) is 4.79 Å². The number of carboxylic acid groups (broad SMARTS) is 1. The number of rotatable bonds is 5. The molecule has 1 fully saturated rings. The summed E-state index contributed by atoms with van der Waals surface area (Å²) < 4.78 is 30.5. The fourth-order valence-electron chi connectivity index (χ4n) is 2.39. The van der Waals surface area contributed by atoms with E-state index in [0.717, 1.165) is 0 Å². The Balaban J connectivity index is 2.13. The lowest BCUT2D eigenvalue weighted by Gasteiger charge is -2.16. The summed E-state index contributed by atoms with van der Waals surface area (Å²) in [4.78, 5) is 22.4. The van der Waals surface area contributed by atoms with Gasteiger partial charge < -0.3 is 9.84 Å². The van der Waals surface area contributed by atoms with Gasteiger partial charge in [0, 0.05) is 13.1 Å². The van der Waals surface area contributed by atoms with E-state index in [1.165, 1.54) is 23.5 Å². The molecular weight excluding hydrogens is 310 g/mol. The van der Waals surface area contributed by atoms with Crippen LogP contribution in [0.1, 0.15) is 22.3 Å². The lowest BCUT2D eigenvalue weighted by Crippen LogP contribution is -2.31. The molecule has 8 heteroatoms. The van der Waals surface area contributed by atoms with E-state index in [0.29, 0.717) is 12.0 Å². The third-order valence-corrected chi connectivity index (χ3v) is 5.41. The Hall–Kier alpha value is -1.93. The Morgan fingerprint density at radius 2 is 2.14 bits per heavy atom. The predicted octanol–water partition coefficient (Wildman–Crippen LogP) is 0.710. The third-order valence-electron chi connectivity index (χ3n) is 3.59. The van der Waals surface area contributed by atoms with Crippen LogP contribution in [0.2, 0.25) is 0 Å². The number of carbonyl (C=O) groups is 2. The molecule has 1 aliphatic rings. The number of hydrogen-bond acceptors (Lipinski definition) is 5. The first-order valence-corrected chi connectivity index (χ1v) is 8.32. The van der Waals surface area contributed by atoms with Crippen LogP contribution in [0.4, 0.5) is 0 Å². The van der Waals surface area contributed by atoms with Crippen LogP contribution in [0, 0.1) is 5.92 Å². The van der Waals surface area contributed by atoms with Crippen LogP contribution in [0.15, 0.2) is 24.3 Å². The summed E-state index contributed by atoms with van der Waals surface area (Å²) in [5.41, 5.74) is 0.738. The summed E-state index contributed by atoms with van der Waals surface area (Å²) in [6.07, 6.45) is 0.316. The molecule has 0 bridgehead atoms. The van der Waals surface area contributed by atoms with E-state index in [1.807, 2.05) is 0 Å². The minimum Gasteiger partial charge on any atom is -0.481 e. The van der Waals surface area contributed by atoms with Crippen molar-refractivity contribution in [3.63, 3.8) is 0 Å². The second-order valence-electron chi connectivity index (χ2n) is 5.13. The van der Waals surface area contributed by atoms with Crippen molar-refractivity contribution >= 4 is 22.0 Å². The first-order valence-electron chi connectivity index (χ1n) is 6.71. The second kappa shape index (κ2) is 6.45. The molecule has 1 unspecified atom stereocenters. The Labute approximate surface area is 128 Å². The van der Waals surface area contributed by atoms with Crippen LogP contribution in [-0.4, -0.2) is 50.0 Å². The summed E-state index contributed by atoms with van der Waals surface area (Å²) in [6.45, 7) is 0.199. The van der Waals surface area contributed by atoms with Crippen molar-refractivity contribution in [1.82, 2.24) is 4.31 Å². The molecule has 0 amide bonds. The Bertz CT molecular complexity index is 684. The maximum absolute atomic E-state index is 12.3. The van der Waals surface area contributed by atoms with Crippen molar-refractivity contribution in [1.29, 1.82) is 0 Å². The van der Waals surface area contributed by atoms with Gasteiger partial charge in [-0.1, -0.05) is 12.1 Å². The summed E-state index contributed by atoms with van der Waals surface area (Å²) in [6, 6.07) is 6.20. The molecule has 1 atom stereocenters. The number of aliphatic carboxylic acids is 1. The van der Waals surface area contributed by atoms with Gasteiger partial charge in [-0.2, -0.15) is 0 Å². The average molecular weight is 327 g/mol. The summed E-state index contributed by atoms with van der Waals surface area (Å²) in [5, 5.41) is 8.94. The quantitative estimate of drug-likeness (QED) is 0.799. The van der Waals surface area contributed by atoms with Crippen LogP contribution in [0.3, 0.4) is 0 Å². The molecule has 1 heterocycles. The second-order valence-corrected chi connectivity index (χ2v) is 7.10. The molecule has 1 aromatic rings. The molecule has 0 spiro atoms. The number of carboxylic acids is 1. The molecule has 1 saturated heterocycles. The van der Waals surface area contributed by atoms with Crippen molar-refractivity contribution in [2.75, 3.05) is 20.2 Å². The molecule has 0 radical (unpaired) electrons. The van der Waals surface area contributed by atoms with Crippen molar-refractivity contribution in [3.8, 4) is 0 Å². The zero-order valence-corrected chi connectivity index (χ0v) is 12.9. The van der Waals surface area contributed by atoms with E-state index in [9.17, 15) is 18.0 Å². The van der Waals surface area contributed by atoms with E-state index >= 15 is 0 Å². The highest BCUT2D eigenvalue weighted by Crippen LogP contribution is 2.22. The molecule has 0 aromatic heterocycles. The van der Waals surface area contributed by atoms with Crippen LogP contribution < -0.4 is 0 Å². The lowest BCUT2D eigenvalue weighted by molar-refractivity contribution is -0.141. The van der Waals surface area contributed by atoms with Gasteiger partial charge in [-0.25, -0.2) is 17.5 Å². The monoisotopic (exact) mass is 327 g/mol. The molecule has 2 rings (SSSR count). The van der Waals surface area contributed by atoms with E-state index in [2.05, 4.69) is 4.74 Å². The van der Waals surface area contributed by atoms with Gasteiger partial charge in [0.1, 0.15) is 0 Å². The van der Waals surface area contributed by atoms with Crippen molar-refractivity contribution in [3.05, 3.63) is 35.4 Å². The fourth-order valence-corrected chi connectivity index (χ4v) is 3.96. The van der Waals surface area contributed by atoms with Gasteiger partial charge in [0.15, 0.2) is 0 Å². The highest BCUT2D eigenvalue weighted by Gasteiger charge is 2.34. The van der Waals surface area contributed by atoms with Crippen molar-refractivity contribution in [2.24, 2.45) is 5.92 Å². The van der Waals surface area contributed by atoms with Gasteiger partial charge in [-0.05, 0) is 24.1 Å². The van der Waals surface area contributed by atoms with E-state index in [-0.39, 0.29) is 24.4 Å². The normalized spacial score (nSPS) is 19.0. The SMILES string of the molecule is COC(=O)c1cccc(CS(=O)(=O)N2CCC(C(=O)O)C2)c1. The maximum Gasteiger partial charge on any atom is 0.337 e. The lowest BCUT2D eigenvalue weighted by atomic mass is 10.1.